The van der Waals surface area contributed by atoms with Crippen molar-refractivity contribution >= 4 is 22.5 Å². The van der Waals surface area contributed by atoms with Crippen molar-refractivity contribution in [2.45, 2.75) is 20.8 Å². The Morgan fingerprint density at radius 3 is 2.46 bits per heavy atom. The standard InChI is InChI=1S/C11H12ClN/c1-6-4-5-9(12)10-7(2)8(3)13-11(6)10/h4-5,13H,1-3H3. The second kappa shape index (κ2) is 2.78. The number of aromatic amines is 1. The van der Waals surface area contributed by atoms with E-state index in [1.54, 1.807) is 0 Å². The number of rotatable bonds is 0. The quantitative estimate of drug-likeness (QED) is 0.656. The maximum Gasteiger partial charge on any atom is 0.0503 e. The molecule has 0 spiro atoms. The third-order valence-corrected chi connectivity index (χ3v) is 2.93. The van der Waals surface area contributed by atoms with Gasteiger partial charge in [-0.15, -0.1) is 0 Å². The van der Waals surface area contributed by atoms with Gasteiger partial charge in [0.2, 0.25) is 0 Å². The molecule has 0 fully saturated rings. The van der Waals surface area contributed by atoms with Crippen LogP contribution in [0.2, 0.25) is 5.02 Å². The summed E-state index contributed by atoms with van der Waals surface area (Å²) in [6.07, 6.45) is 0. The van der Waals surface area contributed by atoms with Crippen LogP contribution < -0.4 is 0 Å². The lowest BCUT2D eigenvalue weighted by molar-refractivity contribution is 1.25. The lowest BCUT2D eigenvalue weighted by Crippen LogP contribution is -1.76. The number of nitrogens with one attached hydrogen (secondary N) is 1. The first-order valence-corrected chi connectivity index (χ1v) is 4.73. The summed E-state index contributed by atoms with van der Waals surface area (Å²) < 4.78 is 0. The van der Waals surface area contributed by atoms with Crippen molar-refractivity contribution in [2.24, 2.45) is 0 Å². The second-order valence-electron chi connectivity index (χ2n) is 3.49. The zero-order valence-corrected chi connectivity index (χ0v) is 8.79. The number of halogens is 1. The van der Waals surface area contributed by atoms with Crippen molar-refractivity contribution in [1.29, 1.82) is 0 Å². The van der Waals surface area contributed by atoms with Gasteiger partial charge in [-0.1, -0.05) is 17.7 Å². The van der Waals surface area contributed by atoms with Crippen LogP contribution in [0.15, 0.2) is 12.1 Å². The molecule has 1 heterocycles. The maximum absolute atomic E-state index is 6.13. The van der Waals surface area contributed by atoms with Gasteiger partial charge in [-0.3, -0.25) is 0 Å². The molecule has 0 saturated heterocycles. The summed E-state index contributed by atoms with van der Waals surface area (Å²) in [6, 6.07) is 4.00. The number of fused-ring (bicyclic) bond motifs is 1. The summed E-state index contributed by atoms with van der Waals surface area (Å²) in [5.41, 5.74) is 4.87. The molecule has 1 aromatic heterocycles. The van der Waals surface area contributed by atoms with E-state index >= 15 is 0 Å². The first-order chi connectivity index (χ1) is 6.11. The summed E-state index contributed by atoms with van der Waals surface area (Å²) in [6.45, 7) is 6.26. The number of aromatic nitrogens is 1. The Balaban J connectivity index is 3.00. The summed E-state index contributed by atoms with van der Waals surface area (Å²) in [5.74, 6) is 0. The Labute approximate surface area is 82.7 Å². The number of H-pyrrole nitrogens is 1. The zero-order chi connectivity index (χ0) is 9.59. The fraction of sp³-hybridized carbons (Fsp3) is 0.273. The smallest absolute Gasteiger partial charge is 0.0503 e. The van der Waals surface area contributed by atoms with Crippen LogP contribution in [-0.4, -0.2) is 4.98 Å². The lowest BCUT2D eigenvalue weighted by Gasteiger charge is -1.98. The molecular weight excluding hydrogens is 182 g/mol. The van der Waals surface area contributed by atoms with E-state index in [2.05, 4.69) is 25.8 Å². The van der Waals surface area contributed by atoms with E-state index in [-0.39, 0.29) is 0 Å². The fourth-order valence-corrected chi connectivity index (χ4v) is 1.98. The van der Waals surface area contributed by atoms with Crippen LogP contribution >= 0.6 is 11.6 Å². The highest BCUT2D eigenvalue weighted by atomic mass is 35.5. The molecule has 2 heteroatoms. The van der Waals surface area contributed by atoms with Crippen LogP contribution in [0, 0.1) is 20.8 Å². The first kappa shape index (κ1) is 8.64. The van der Waals surface area contributed by atoms with E-state index in [0.717, 1.165) is 5.02 Å². The van der Waals surface area contributed by atoms with Gasteiger partial charge < -0.3 is 4.98 Å². The van der Waals surface area contributed by atoms with E-state index in [1.807, 2.05) is 12.1 Å². The van der Waals surface area contributed by atoms with Gasteiger partial charge in [-0.2, -0.15) is 0 Å². The Kier molecular flexibility index (Phi) is 1.85. The van der Waals surface area contributed by atoms with Crippen molar-refractivity contribution in [3.63, 3.8) is 0 Å². The number of aryl methyl sites for hydroxylation is 3. The minimum atomic E-state index is 0.836. The molecule has 1 nitrogen and oxygen atoms in total. The summed E-state index contributed by atoms with van der Waals surface area (Å²) in [4.78, 5) is 3.35. The summed E-state index contributed by atoms with van der Waals surface area (Å²) in [5, 5.41) is 2.00. The van der Waals surface area contributed by atoms with Gasteiger partial charge in [0.1, 0.15) is 0 Å². The minimum Gasteiger partial charge on any atom is -0.358 e. The SMILES string of the molecule is Cc1[nH]c2c(C)ccc(Cl)c2c1C. The number of hydrogen-bond donors (Lipinski definition) is 1. The van der Waals surface area contributed by atoms with Crippen molar-refractivity contribution in [3.8, 4) is 0 Å². The second-order valence-corrected chi connectivity index (χ2v) is 3.90. The third kappa shape index (κ3) is 1.15. The molecule has 68 valence electrons. The predicted octanol–water partition coefficient (Wildman–Crippen LogP) is 3.75. The molecule has 0 aliphatic heterocycles. The van der Waals surface area contributed by atoms with Crippen molar-refractivity contribution in [1.82, 2.24) is 4.98 Å². The van der Waals surface area contributed by atoms with Crippen LogP contribution in [0.3, 0.4) is 0 Å². The van der Waals surface area contributed by atoms with Crippen molar-refractivity contribution < 1.29 is 0 Å². The normalized spacial score (nSPS) is 11.1. The zero-order valence-electron chi connectivity index (χ0n) is 8.03. The largest absolute Gasteiger partial charge is 0.358 e. The average Bonchev–Trinajstić information content (AvgIpc) is 2.38. The predicted molar refractivity (Wildman–Crippen MR) is 57.5 cm³/mol. The Morgan fingerprint density at radius 2 is 1.85 bits per heavy atom. The maximum atomic E-state index is 6.13. The molecule has 0 bridgehead atoms. The van der Waals surface area contributed by atoms with Crippen LogP contribution in [0.4, 0.5) is 0 Å². The molecule has 1 aromatic carbocycles. The molecule has 1 N–H and O–H groups in total. The van der Waals surface area contributed by atoms with Crippen LogP contribution in [0.25, 0.3) is 10.9 Å². The van der Waals surface area contributed by atoms with Gasteiger partial charge in [0.25, 0.3) is 0 Å². The first-order valence-electron chi connectivity index (χ1n) is 4.35. The Bertz CT molecular complexity index is 468. The molecule has 0 atom stereocenters. The fourth-order valence-electron chi connectivity index (χ4n) is 1.68. The lowest BCUT2D eigenvalue weighted by atomic mass is 10.1. The van der Waals surface area contributed by atoms with Crippen LogP contribution in [-0.2, 0) is 0 Å². The molecule has 13 heavy (non-hydrogen) atoms. The van der Waals surface area contributed by atoms with Gasteiger partial charge in [0, 0.05) is 11.1 Å². The number of hydrogen-bond acceptors (Lipinski definition) is 0. The molecule has 0 aliphatic rings. The summed E-state index contributed by atoms with van der Waals surface area (Å²) in [7, 11) is 0. The molecule has 0 radical (unpaired) electrons. The molecule has 2 aromatic rings. The average molecular weight is 194 g/mol. The van der Waals surface area contributed by atoms with Gasteiger partial charge in [-0.25, -0.2) is 0 Å². The topological polar surface area (TPSA) is 15.8 Å². The van der Waals surface area contributed by atoms with E-state index in [1.165, 1.54) is 27.7 Å². The van der Waals surface area contributed by atoms with E-state index in [4.69, 9.17) is 11.6 Å². The highest BCUT2D eigenvalue weighted by molar-refractivity contribution is 6.35. The Hall–Kier alpha value is -0.950. The molecule has 0 amide bonds. The number of benzene rings is 1. The van der Waals surface area contributed by atoms with Gasteiger partial charge >= 0.3 is 0 Å². The summed E-state index contributed by atoms with van der Waals surface area (Å²) >= 11 is 6.13. The molecule has 0 aliphatic carbocycles. The van der Waals surface area contributed by atoms with Gasteiger partial charge in [0.05, 0.1) is 10.5 Å². The third-order valence-electron chi connectivity index (χ3n) is 2.61. The van der Waals surface area contributed by atoms with E-state index in [0.29, 0.717) is 0 Å². The highest BCUT2D eigenvalue weighted by Crippen LogP contribution is 2.30. The van der Waals surface area contributed by atoms with Crippen molar-refractivity contribution in [3.05, 3.63) is 34.0 Å². The Morgan fingerprint density at radius 1 is 1.15 bits per heavy atom. The van der Waals surface area contributed by atoms with Gasteiger partial charge in [-0.05, 0) is 38.0 Å². The molecular formula is C11H12ClN. The van der Waals surface area contributed by atoms with E-state index < -0.39 is 0 Å². The molecule has 0 unspecified atom stereocenters. The van der Waals surface area contributed by atoms with Crippen LogP contribution in [0.5, 0.6) is 0 Å². The molecule has 0 saturated carbocycles. The van der Waals surface area contributed by atoms with E-state index in [9.17, 15) is 0 Å². The van der Waals surface area contributed by atoms with Crippen LogP contribution in [0.1, 0.15) is 16.8 Å². The monoisotopic (exact) mass is 193 g/mol. The molecule has 2 rings (SSSR count). The van der Waals surface area contributed by atoms with Crippen molar-refractivity contribution in [2.75, 3.05) is 0 Å². The minimum absolute atomic E-state index is 0.836. The van der Waals surface area contributed by atoms with Gasteiger partial charge in [0.15, 0.2) is 0 Å². The highest BCUT2D eigenvalue weighted by Gasteiger charge is 2.08.